The molecule has 13 heavy (non-hydrogen) atoms. The first-order chi connectivity index (χ1) is 5.94. The molecule has 1 N–H and O–H groups in total. The highest BCUT2D eigenvalue weighted by molar-refractivity contribution is 5.55. The Kier molecular flexibility index (Phi) is 3.05. The van der Waals surface area contributed by atoms with Crippen molar-refractivity contribution in [2.75, 3.05) is 0 Å². The molecule has 3 atom stereocenters. The summed E-state index contributed by atoms with van der Waals surface area (Å²) in [7, 11) is 0. The van der Waals surface area contributed by atoms with E-state index in [0.29, 0.717) is 12.7 Å². The Bertz CT molecular complexity index is 190. The van der Waals surface area contributed by atoms with E-state index in [2.05, 4.69) is 0 Å². The van der Waals surface area contributed by atoms with Gasteiger partial charge in [0, 0.05) is 6.42 Å². The van der Waals surface area contributed by atoms with Crippen LogP contribution in [0, 0.1) is 0 Å². The van der Waals surface area contributed by atoms with Gasteiger partial charge in [-0.25, -0.2) is 0 Å². The van der Waals surface area contributed by atoms with E-state index < -0.39 is 11.9 Å². The van der Waals surface area contributed by atoms with Crippen molar-refractivity contribution < 1.29 is 19.4 Å². The van der Waals surface area contributed by atoms with Crippen LogP contribution >= 0.6 is 0 Å². The fraction of sp³-hybridized carbons (Fsp3) is 0.889. The van der Waals surface area contributed by atoms with Gasteiger partial charge in [0.15, 0.2) is 5.79 Å². The molecule has 4 nitrogen and oxygen atoms in total. The standard InChI is InChI=1S/C9H16O4/c1-6-8(4-7(11)5-10)13-9(2,3)12-6/h5-8,11H,4H2,1-3H3. The number of aldehydes is 1. The number of aliphatic hydroxyl groups excluding tert-OH is 1. The van der Waals surface area contributed by atoms with Crippen LogP contribution in [-0.4, -0.2) is 35.5 Å². The first-order valence-electron chi connectivity index (χ1n) is 4.43. The Balaban J connectivity index is 2.48. The second kappa shape index (κ2) is 3.74. The summed E-state index contributed by atoms with van der Waals surface area (Å²) < 4.78 is 10.9. The van der Waals surface area contributed by atoms with Crippen molar-refractivity contribution in [1.29, 1.82) is 0 Å². The second-order valence-electron chi connectivity index (χ2n) is 3.82. The molecule has 0 amide bonds. The zero-order valence-corrected chi connectivity index (χ0v) is 8.19. The van der Waals surface area contributed by atoms with Crippen LogP contribution in [0.15, 0.2) is 0 Å². The predicted molar refractivity (Wildman–Crippen MR) is 46.2 cm³/mol. The van der Waals surface area contributed by atoms with Gasteiger partial charge >= 0.3 is 0 Å². The van der Waals surface area contributed by atoms with Crippen molar-refractivity contribution in [2.45, 2.75) is 51.3 Å². The SMILES string of the molecule is CC1OC(C)(C)OC1CC(O)C=O. The minimum Gasteiger partial charge on any atom is -0.386 e. The minimum absolute atomic E-state index is 0.0791. The van der Waals surface area contributed by atoms with Gasteiger partial charge in [0.1, 0.15) is 12.4 Å². The zero-order valence-electron chi connectivity index (χ0n) is 8.19. The maximum absolute atomic E-state index is 10.2. The maximum atomic E-state index is 10.2. The summed E-state index contributed by atoms with van der Waals surface area (Å²) >= 11 is 0. The van der Waals surface area contributed by atoms with Gasteiger partial charge in [-0.3, -0.25) is 0 Å². The van der Waals surface area contributed by atoms with Crippen molar-refractivity contribution in [1.82, 2.24) is 0 Å². The van der Waals surface area contributed by atoms with Gasteiger partial charge in [0.05, 0.1) is 12.2 Å². The summed E-state index contributed by atoms with van der Waals surface area (Å²) in [5.41, 5.74) is 0. The molecule has 1 fully saturated rings. The number of hydrogen-bond acceptors (Lipinski definition) is 4. The van der Waals surface area contributed by atoms with Crippen LogP contribution in [0.2, 0.25) is 0 Å². The molecule has 0 radical (unpaired) electrons. The predicted octanol–water partition coefficient (Wildman–Crippen LogP) is 0.476. The first kappa shape index (κ1) is 10.6. The molecule has 1 aliphatic rings. The van der Waals surface area contributed by atoms with Gasteiger partial charge in [-0.1, -0.05) is 0 Å². The monoisotopic (exact) mass is 188 g/mol. The number of ether oxygens (including phenoxy) is 2. The molecule has 4 heteroatoms. The molecule has 0 aliphatic carbocycles. The minimum atomic E-state index is -0.954. The third-order valence-electron chi connectivity index (χ3n) is 2.06. The third kappa shape index (κ3) is 2.76. The lowest BCUT2D eigenvalue weighted by atomic mass is 10.1. The molecule has 0 aromatic rings. The Morgan fingerprint density at radius 1 is 1.54 bits per heavy atom. The molecule has 0 aromatic carbocycles. The molecule has 1 aliphatic heterocycles. The van der Waals surface area contributed by atoms with Gasteiger partial charge in [-0.15, -0.1) is 0 Å². The average Bonchev–Trinajstić information content (AvgIpc) is 2.24. The fourth-order valence-electron chi connectivity index (χ4n) is 1.55. The largest absolute Gasteiger partial charge is 0.386 e. The Morgan fingerprint density at radius 3 is 2.54 bits per heavy atom. The summed E-state index contributed by atoms with van der Waals surface area (Å²) in [6, 6.07) is 0. The Morgan fingerprint density at radius 2 is 2.15 bits per heavy atom. The van der Waals surface area contributed by atoms with Crippen LogP contribution < -0.4 is 0 Å². The molecular formula is C9H16O4. The van der Waals surface area contributed by atoms with Crippen LogP contribution in [0.25, 0.3) is 0 Å². The lowest BCUT2D eigenvalue weighted by molar-refractivity contribution is -0.148. The van der Waals surface area contributed by atoms with Crippen molar-refractivity contribution in [2.24, 2.45) is 0 Å². The highest BCUT2D eigenvalue weighted by Gasteiger charge is 2.39. The fourth-order valence-corrected chi connectivity index (χ4v) is 1.55. The smallest absolute Gasteiger partial charge is 0.163 e. The molecule has 0 saturated carbocycles. The van der Waals surface area contributed by atoms with Gasteiger partial charge in [0.2, 0.25) is 0 Å². The molecule has 76 valence electrons. The van der Waals surface area contributed by atoms with E-state index >= 15 is 0 Å². The average molecular weight is 188 g/mol. The third-order valence-corrected chi connectivity index (χ3v) is 2.06. The number of carbonyl (C=O) groups excluding carboxylic acids is 1. The highest BCUT2D eigenvalue weighted by atomic mass is 16.7. The van der Waals surface area contributed by atoms with Gasteiger partial charge in [-0.2, -0.15) is 0 Å². The van der Waals surface area contributed by atoms with Crippen LogP contribution in [-0.2, 0) is 14.3 Å². The van der Waals surface area contributed by atoms with Crippen molar-refractivity contribution >= 4 is 6.29 Å². The van der Waals surface area contributed by atoms with Gasteiger partial charge in [0.25, 0.3) is 0 Å². The summed E-state index contributed by atoms with van der Waals surface area (Å²) in [5, 5.41) is 9.10. The molecular weight excluding hydrogens is 172 g/mol. The van der Waals surface area contributed by atoms with E-state index in [0.717, 1.165) is 0 Å². The quantitative estimate of drug-likeness (QED) is 0.654. The van der Waals surface area contributed by atoms with E-state index in [1.165, 1.54) is 0 Å². The molecule has 1 heterocycles. The van der Waals surface area contributed by atoms with Crippen molar-refractivity contribution in [3.05, 3.63) is 0 Å². The van der Waals surface area contributed by atoms with E-state index in [1.807, 2.05) is 20.8 Å². The van der Waals surface area contributed by atoms with Crippen LogP contribution in [0.5, 0.6) is 0 Å². The van der Waals surface area contributed by atoms with Crippen LogP contribution in [0.1, 0.15) is 27.2 Å². The Hall–Kier alpha value is -0.450. The van der Waals surface area contributed by atoms with Crippen molar-refractivity contribution in [3.8, 4) is 0 Å². The summed E-state index contributed by atoms with van der Waals surface area (Å²) in [6.45, 7) is 5.50. The maximum Gasteiger partial charge on any atom is 0.163 e. The summed E-state index contributed by atoms with van der Waals surface area (Å²) in [6.07, 6.45) is -0.417. The number of rotatable bonds is 3. The second-order valence-corrected chi connectivity index (χ2v) is 3.82. The Labute approximate surface area is 77.8 Å². The first-order valence-corrected chi connectivity index (χ1v) is 4.43. The molecule has 0 aromatic heterocycles. The van der Waals surface area contributed by atoms with Crippen LogP contribution in [0.4, 0.5) is 0 Å². The normalized spacial score (nSPS) is 34.5. The van der Waals surface area contributed by atoms with Crippen LogP contribution in [0.3, 0.4) is 0 Å². The molecule has 1 saturated heterocycles. The zero-order chi connectivity index (χ0) is 10.1. The van der Waals surface area contributed by atoms with E-state index in [-0.39, 0.29) is 12.2 Å². The molecule has 0 spiro atoms. The number of hydrogen-bond donors (Lipinski definition) is 1. The lowest BCUT2D eigenvalue weighted by Crippen LogP contribution is -2.26. The van der Waals surface area contributed by atoms with Crippen molar-refractivity contribution in [3.63, 3.8) is 0 Å². The molecule has 1 rings (SSSR count). The number of aliphatic hydroxyl groups is 1. The number of carbonyl (C=O) groups is 1. The molecule has 0 bridgehead atoms. The summed E-state index contributed by atoms with van der Waals surface area (Å²) in [4.78, 5) is 10.2. The van der Waals surface area contributed by atoms with Gasteiger partial charge in [-0.05, 0) is 20.8 Å². The topological polar surface area (TPSA) is 55.8 Å². The van der Waals surface area contributed by atoms with E-state index in [4.69, 9.17) is 14.6 Å². The lowest BCUT2D eigenvalue weighted by Gasteiger charge is -2.17. The van der Waals surface area contributed by atoms with E-state index in [9.17, 15) is 4.79 Å². The highest BCUT2D eigenvalue weighted by Crippen LogP contribution is 2.29. The van der Waals surface area contributed by atoms with E-state index in [1.54, 1.807) is 0 Å². The molecule has 3 unspecified atom stereocenters. The van der Waals surface area contributed by atoms with Gasteiger partial charge < -0.3 is 19.4 Å². The summed E-state index contributed by atoms with van der Waals surface area (Å²) in [5.74, 6) is -0.604.